The average molecular weight is 370 g/mol. The van der Waals surface area contributed by atoms with E-state index in [4.69, 9.17) is 9.47 Å². The van der Waals surface area contributed by atoms with Crippen LogP contribution in [0.15, 0.2) is 35.0 Å². The molecule has 3 aliphatic rings. The van der Waals surface area contributed by atoms with Crippen LogP contribution in [0.5, 0.6) is 5.75 Å². The Balaban J connectivity index is 1.58. The van der Waals surface area contributed by atoms with Crippen molar-refractivity contribution in [2.24, 2.45) is 4.99 Å². The lowest BCUT2D eigenvalue weighted by Crippen LogP contribution is -2.40. The Morgan fingerprint density at radius 1 is 1.26 bits per heavy atom. The van der Waals surface area contributed by atoms with Crippen molar-refractivity contribution in [2.75, 3.05) is 26.3 Å². The van der Waals surface area contributed by atoms with E-state index >= 15 is 4.39 Å². The van der Waals surface area contributed by atoms with Crippen LogP contribution < -0.4 is 4.74 Å². The number of hydrogen-bond acceptors (Lipinski definition) is 5. The number of allylic oxidation sites excluding steroid dienone is 2. The number of benzene rings is 1. The third-order valence-corrected chi connectivity index (χ3v) is 4.92. The first-order valence-electron chi connectivity index (χ1n) is 9.34. The fourth-order valence-corrected chi connectivity index (χ4v) is 3.66. The van der Waals surface area contributed by atoms with E-state index in [1.807, 2.05) is 13.8 Å². The van der Waals surface area contributed by atoms with E-state index in [2.05, 4.69) is 9.89 Å². The summed E-state index contributed by atoms with van der Waals surface area (Å²) < 4.78 is 25.9. The van der Waals surface area contributed by atoms with Crippen LogP contribution in [0.25, 0.3) is 5.57 Å². The molecule has 0 amide bonds. The number of fused-ring (bicyclic) bond motifs is 1. The normalized spacial score (nSPS) is 21.0. The van der Waals surface area contributed by atoms with Gasteiger partial charge in [0.2, 0.25) is 0 Å². The summed E-state index contributed by atoms with van der Waals surface area (Å²) in [5.74, 6) is 0.653. The van der Waals surface area contributed by atoms with Gasteiger partial charge in [-0.3, -0.25) is 4.79 Å². The number of hydrogen-bond donors (Lipinski definition) is 0. The van der Waals surface area contributed by atoms with Gasteiger partial charge >= 0.3 is 0 Å². The molecule has 0 aromatic heterocycles. The highest BCUT2D eigenvalue weighted by atomic mass is 19.1. The van der Waals surface area contributed by atoms with Crippen LogP contribution in [-0.2, 0) is 16.0 Å². The van der Waals surface area contributed by atoms with Gasteiger partial charge in [-0.25, -0.2) is 9.38 Å². The van der Waals surface area contributed by atoms with E-state index in [-0.39, 0.29) is 24.1 Å². The first kappa shape index (κ1) is 17.9. The quantitative estimate of drug-likeness (QED) is 0.767. The number of Topliss-reactive ketones (excluding diaryl/α,β-unsaturated/α-hetero) is 1. The number of amidine groups is 1. The lowest BCUT2D eigenvalue weighted by atomic mass is 10.0. The van der Waals surface area contributed by atoms with Gasteiger partial charge in [0.1, 0.15) is 5.84 Å². The second kappa shape index (κ2) is 7.27. The van der Waals surface area contributed by atoms with Gasteiger partial charge in [0.15, 0.2) is 17.3 Å². The summed E-state index contributed by atoms with van der Waals surface area (Å²) in [6, 6.07) is 3.40. The lowest BCUT2D eigenvalue weighted by Gasteiger charge is -2.28. The molecule has 1 aromatic carbocycles. The van der Waals surface area contributed by atoms with Crippen LogP contribution in [0.3, 0.4) is 0 Å². The van der Waals surface area contributed by atoms with Crippen LogP contribution >= 0.6 is 0 Å². The molecule has 0 N–H and O–H groups in total. The third-order valence-electron chi connectivity index (χ3n) is 4.92. The Kier molecular flexibility index (Phi) is 4.83. The molecule has 0 unspecified atom stereocenters. The number of carbonyl (C=O) groups excluding carboxylic acids is 1. The molecule has 0 bridgehead atoms. The largest absolute Gasteiger partial charge is 0.488 e. The zero-order valence-corrected chi connectivity index (χ0v) is 15.6. The summed E-state index contributed by atoms with van der Waals surface area (Å²) in [6.45, 7) is 6.74. The van der Waals surface area contributed by atoms with E-state index in [9.17, 15) is 4.79 Å². The molecule has 1 aromatic rings. The summed E-state index contributed by atoms with van der Waals surface area (Å²) in [7, 11) is 0. The Hall–Kier alpha value is -2.47. The fraction of sp³-hybridized carbons (Fsp3) is 0.429. The molecule has 0 atom stereocenters. The standard InChI is InChI=1S/C21H23FN2O3/c1-13(2)27-18-4-3-15-11-17(25)16(20(15)21(18)22)9-14-10-19(23-12-14)24-5-7-26-8-6-24/h3-4,9,12-13H,5-8,10-11H2,1-2H3/b16-9+. The second-order valence-corrected chi connectivity index (χ2v) is 7.26. The lowest BCUT2D eigenvalue weighted by molar-refractivity contribution is -0.112. The monoisotopic (exact) mass is 370 g/mol. The van der Waals surface area contributed by atoms with Gasteiger partial charge in [-0.05, 0) is 37.1 Å². The van der Waals surface area contributed by atoms with E-state index in [1.165, 1.54) is 0 Å². The molecule has 1 fully saturated rings. The third kappa shape index (κ3) is 3.54. The van der Waals surface area contributed by atoms with E-state index in [0.29, 0.717) is 36.3 Å². The molecular weight excluding hydrogens is 347 g/mol. The predicted molar refractivity (Wildman–Crippen MR) is 101 cm³/mol. The molecule has 0 saturated carbocycles. The van der Waals surface area contributed by atoms with Gasteiger partial charge < -0.3 is 14.4 Å². The summed E-state index contributed by atoms with van der Waals surface area (Å²) in [6.07, 6.45) is 4.30. The highest BCUT2D eigenvalue weighted by Crippen LogP contribution is 2.37. The maximum Gasteiger partial charge on any atom is 0.173 e. The number of nitrogens with zero attached hydrogens (tertiary/aromatic N) is 2. The highest BCUT2D eigenvalue weighted by Gasteiger charge is 2.30. The fourth-order valence-electron chi connectivity index (χ4n) is 3.66. The maximum absolute atomic E-state index is 15.0. The van der Waals surface area contributed by atoms with Crippen molar-refractivity contribution in [1.29, 1.82) is 0 Å². The molecule has 5 nitrogen and oxygen atoms in total. The number of morpholine rings is 1. The minimum absolute atomic E-state index is 0.0636. The average Bonchev–Trinajstić information content (AvgIpc) is 3.24. The summed E-state index contributed by atoms with van der Waals surface area (Å²) in [5, 5.41) is 0. The van der Waals surface area contributed by atoms with Gasteiger partial charge in [0, 0.05) is 43.3 Å². The van der Waals surface area contributed by atoms with E-state index in [0.717, 1.165) is 24.5 Å². The summed E-state index contributed by atoms with van der Waals surface area (Å²) in [4.78, 5) is 19.2. The Bertz CT molecular complexity index is 864. The van der Waals surface area contributed by atoms with Crippen LogP contribution in [0.2, 0.25) is 0 Å². The van der Waals surface area contributed by atoms with E-state index in [1.54, 1.807) is 24.4 Å². The molecule has 0 spiro atoms. The minimum Gasteiger partial charge on any atom is -0.488 e. The van der Waals surface area contributed by atoms with Crippen molar-refractivity contribution < 1.29 is 18.7 Å². The number of carbonyl (C=O) groups is 1. The molecule has 2 heterocycles. The van der Waals surface area contributed by atoms with Crippen LogP contribution in [0.4, 0.5) is 4.39 Å². The smallest absolute Gasteiger partial charge is 0.173 e. The maximum atomic E-state index is 15.0. The van der Waals surface area contributed by atoms with Crippen molar-refractivity contribution in [2.45, 2.75) is 32.8 Å². The van der Waals surface area contributed by atoms with Crippen LogP contribution in [0.1, 0.15) is 31.4 Å². The molecular formula is C21H23FN2O3. The zero-order valence-electron chi connectivity index (χ0n) is 15.6. The summed E-state index contributed by atoms with van der Waals surface area (Å²) in [5.41, 5.74) is 2.43. The first-order valence-corrected chi connectivity index (χ1v) is 9.34. The Labute approximate surface area is 158 Å². The number of rotatable bonds is 3. The van der Waals surface area contributed by atoms with Gasteiger partial charge in [-0.1, -0.05) is 6.07 Å². The van der Waals surface area contributed by atoms with Gasteiger partial charge in [-0.2, -0.15) is 0 Å². The first-order chi connectivity index (χ1) is 13.0. The van der Waals surface area contributed by atoms with Gasteiger partial charge in [0.25, 0.3) is 0 Å². The predicted octanol–water partition coefficient (Wildman–Crippen LogP) is 3.14. The molecule has 142 valence electrons. The number of ether oxygens (including phenoxy) is 2. The van der Waals surface area contributed by atoms with Crippen LogP contribution in [0, 0.1) is 5.82 Å². The summed E-state index contributed by atoms with van der Waals surface area (Å²) >= 11 is 0. The highest BCUT2D eigenvalue weighted by molar-refractivity contribution is 6.26. The minimum atomic E-state index is -0.453. The van der Waals surface area contributed by atoms with Crippen molar-refractivity contribution in [3.05, 3.63) is 46.9 Å². The van der Waals surface area contributed by atoms with Crippen molar-refractivity contribution in [3.63, 3.8) is 0 Å². The van der Waals surface area contributed by atoms with Crippen LogP contribution in [-0.4, -0.2) is 48.9 Å². The SMILES string of the molecule is CC(C)Oc1ccc2c(c1F)/C(=C/C1=CN=C(N3CCOCC3)C1)C(=O)C2. The topological polar surface area (TPSA) is 51.1 Å². The van der Waals surface area contributed by atoms with Gasteiger partial charge in [-0.15, -0.1) is 0 Å². The Morgan fingerprint density at radius 2 is 2.04 bits per heavy atom. The number of halogens is 1. The van der Waals surface area contributed by atoms with Crippen molar-refractivity contribution in [1.82, 2.24) is 4.90 Å². The van der Waals surface area contributed by atoms with Gasteiger partial charge in [0.05, 0.1) is 19.3 Å². The van der Waals surface area contributed by atoms with Crippen molar-refractivity contribution in [3.8, 4) is 5.75 Å². The van der Waals surface area contributed by atoms with Crippen molar-refractivity contribution >= 4 is 17.2 Å². The number of ketones is 1. The number of aliphatic imine (C=N–C) groups is 1. The molecule has 1 aliphatic carbocycles. The molecule has 1 saturated heterocycles. The zero-order chi connectivity index (χ0) is 19.0. The van der Waals surface area contributed by atoms with E-state index < -0.39 is 5.82 Å². The molecule has 0 radical (unpaired) electrons. The molecule has 6 heteroatoms. The second-order valence-electron chi connectivity index (χ2n) is 7.26. The molecule has 27 heavy (non-hydrogen) atoms. The Morgan fingerprint density at radius 3 is 2.78 bits per heavy atom. The molecule has 4 rings (SSSR count). The molecule has 2 aliphatic heterocycles.